The Labute approximate surface area is 129 Å². The van der Waals surface area contributed by atoms with Crippen LogP contribution in [-0.4, -0.2) is 16.7 Å². The van der Waals surface area contributed by atoms with Crippen molar-refractivity contribution in [2.45, 2.75) is 26.2 Å². The predicted molar refractivity (Wildman–Crippen MR) is 84.9 cm³/mol. The molecule has 0 radical (unpaired) electrons. The summed E-state index contributed by atoms with van der Waals surface area (Å²) in [6.07, 6.45) is 4.37. The van der Waals surface area contributed by atoms with Crippen molar-refractivity contribution < 1.29 is 9.59 Å². The fourth-order valence-corrected chi connectivity index (χ4v) is 2.91. The van der Waals surface area contributed by atoms with Crippen molar-refractivity contribution in [3.8, 4) is 0 Å². The highest BCUT2D eigenvalue weighted by Gasteiger charge is 2.44. The topological polar surface area (TPSA) is 59.1 Å². The van der Waals surface area contributed by atoms with Crippen LogP contribution in [0.2, 0.25) is 0 Å². The van der Waals surface area contributed by atoms with E-state index in [0.29, 0.717) is 11.3 Å². The molecule has 1 aliphatic carbocycles. The SMILES string of the molecule is CC(=O)c1c(C)cccc1NC(=O)[C@H]1C[C@@H]1c1cccnc1. The number of rotatable bonds is 4. The lowest BCUT2D eigenvalue weighted by Gasteiger charge is -2.11. The van der Waals surface area contributed by atoms with Crippen molar-refractivity contribution in [1.29, 1.82) is 0 Å². The van der Waals surface area contributed by atoms with E-state index >= 15 is 0 Å². The van der Waals surface area contributed by atoms with Gasteiger partial charge in [-0.2, -0.15) is 0 Å². The van der Waals surface area contributed by atoms with Crippen LogP contribution in [0.1, 0.15) is 40.7 Å². The van der Waals surface area contributed by atoms with Crippen LogP contribution in [0.3, 0.4) is 0 Å². The van der Waals surface area contributed by atoms with Crippen molar-refractivity contribution in [2.24, 2.45) is 5.92 Å². The van der Waals surface area contributed by atoms with Crippen LogP contribution in [0.15, 0.2) is 42.7 Å². The summed E-state index contributed by atoms with van der Waals surface area (Å²) in [7, 11) is 0. The molecule has 112 valence electrons. The number of nitrogens with one attached hydrogen (secondary N) is 1. The Balaban J connectivity index is 1.74. The van der Waals surface area contributed by atoms with E-state index in [9.17, 15) is 9.59 Å². The van der Waals surface area contributed by atoms with Crippen molar-refractivity contribution in [3.63, 3.8) is 0 Å². The molecular formula is C18H18N2O2. The number of carbonyl (C=O) groups is 2. The minimum Gasteiger partial charge on any atom is -0.325 e. The number of aryl methyl sites for hydroxylation is 1. The molecule has 1 saturated carbocycles. The Morgan fingerprint density at radius 3 is 2.73 bits per heavy atom. The molecular weight excluding hydrogens is 276 g/mol. The van der Waals surface area contributed by atoms with E-state index in [1.165, 1.54) is 6.92 Å². The molecule has 1 aromatic heterocycles. The molecule has 1 N–H and O–H groups in total. The molecule has 2 atom stereocenters. The highest BCUT2D eigenvalue weighted by Crippen LogP contribution is 2.47. The maximum Gasteiger partial charge on any atom is 0.228 e. The third-order valence-electron chi connectivity index (χ3n) is 4.12. The van der Waals surface area contributed by atoms with Gasteiger partial charge in [0.1, 0.15) is 0 Å². The zero-order valence-corrected chi connectivity index (χ0v) is 12.7. The summed E-state index contributed by atoms with van der Waals surface area (Å²) in [5.74, 6) is 0.138. The normalized spacial score (nSPS) is 19.5. The fourth-order valence-electron chi connectivity index (χ4n) is 2.91. The Morgan fingerprint density at radius 1 is 1.23 bits per heavy atom. The third kappa shape index (κ3) is 2.77. The van der Waals surface area contributed by atoms with Crippen molar-refractivity contribution in [2.75, 3.05) is 5.32 Å². The zero-order valence-electron chi connectivity index (χ0n) is 12.7. The lowest BCUT2D eigenvalue weighted by molar-refractivity contribution is -0.117. The molecule has 2 aromatic rings. The second-order valence-corrected chi connectivity index (χ2v) is 5.78. The zero-order chi connectivity index (χ0) is 15.7. The number of amides is 1. The standard InChI is InChI=1S/C18H18N2O2/c1-11-5-3-7-16(17(11)12(2)21)20-18(22)15-9-14(15)13-6-4-8-19-10-13/h3-8,10,14-15H,9H2,1-2H3,(H,20,22)/t14-,15+/m1/s1. The Bertz CT molecular complexity index is 725. The van der Waals surface area contributed by atoms with E-state index in [1.54, 1.807) is 12.3 Å². The molecule has 1 heterocycles. The molecule has 22 heavy (non-hydrogen) atoms. The van der Waals surface area contributed by atoms with E-state index in [1.807, 2.05) is 37.4 Å². The maximum atomic E-state index is 12.4. The first-order valence-electron chi connectivity index (χ1n) is 7.39. The summed E-state index contributed by atoms with van der Waals surface area (Å²) in [6.45, 7) is 3.40. The van der Waals surface area contributed by atoms with E-state index in [2.05, 4.69) is 10.3 Å². The van der Waals surface area contributed by atoms with E-state index < -0.39 is 0 Å². The summed E-state index contributed by atoms with van der Waals surface area (Å²) in [5, 5.41) is 2.91. The van der Waals surface area contributed by atoms with Crippen LogP contribution in [-0.2, 0) is 4.79 Å². The predicted octanol–water partition coefficient (Wildman–Crippen LogP) is 3.33. The molecule has 0 spiro atoms. The highest BCUT2D eigenvalue weighted by atomic mass is 16.2. The second-order valence-electron chi connectivity index (χ2n) is 5.78. The van der Waals surface area contributed by atoms with Crippen molar-refractivity contribution in [1.82, 2.24) is 4.98 Å². The first-order valence-corrected chi connectivity index (χ1v) is 7.39. The number of Topliss-reactive ketones (excluding diaryl/α,β-unsaturated/α-hetero) is 1. The molecule has 4 nitrogen and oxygen atoms in total. The Kier molecular flexibility index (Phi) is 3.75. The third-order valence-corrected chi connectivity index (χ3v) is 4.12. The first-order chi connectivity index (χ1) is 10.6. The van der Waals surface area contributed by atoms with Gasteiger partial charge in [-0.1, -0.05) is 18.2 Å². The van der Waals surface area contributed by atoms with Gasteiger partial charge in [0.05, 0.1) is 5.69 Å². The van der Waals surface area contributed by atoms with Gasteiger partial charge in [-0.15, -0.1) is 0 Å². The molecule has 1 amide bonds. The van der Waals surface area contributed by atoms with Crippen LogP contribution in [0.25, 0.3) is 0 Å². The summed E-state index contributed by atoms with van der Waals surface area (Å²) in [6, 6.07) is 9.39. The quantitative estimate of drug-likeness (QED) is 0.880. The lowest BCUT2D eigenvalue weighted by atomic mass is 10.0. The number of hydrogen-bond acceptors (Lipinski definition) is 3. The van der Waals surface area contributed by atoms with Gasteiger partial charge in [0.15, 0.2) is 5.78 Å². The second kappa shape index (κ2) is 5.72. The summed E-state index contributed by atoms with van der Waals surface area (Å²) < 4.78 is 0. The van der Waals surface area contributed by atoms with Crippen LogP contribution >= 0.6 is 0 Å². The summed E-state index contributed by atoms with van der Waals surface area (Å²) >= 11 is 0. The van der Waals surface area contributed by atoms with Crippen LogP contribution in [0.5, 0.6) is 0 Å². The van der Waals surface area contributed by atoms with E-state index in [0.717, 1.165) is 17.5 Å². The van der Waals surface area contributed by atoms with Gasteiger partial charge in [0.2, 0.25) is 5.91 Å². The largest absolute Gasteiger partial charge is 0.325 e. The minimum atomic E-state index is -0.0375. The van der Waals surface area contributed by atoms with Gasteiger partial charge in [0, 0.05) is 23.9 Å². The van der Waals surface area contributed by atoms with Crippen LogP contribution in [0, 0.1) is 12.8 Å². The van der Waals surface area contributed by atoms with Crippen LogP contribution < -0.4 is 5.32 Å². The molecule has 0 aliphatic heterocycles. The number of hydrogen-bond donors (Lipinski definition) is 1. The smallest absolute Gasteiger partial charge is 0.228 e. The number of carbonyl (C=O) groups excluding carboxylic acids is 2. The number of benzene rings is 1. The molecule has 0 bridgehead atoms. The molecule has 4 heteroatoms. The number of pyridine rings is 1. The Hall–Kier alpha value is -2.49. The Morgan fingerprint density at radius 2 is 2.05 bits per heavy atom. The van der Waals surface area contributed by atoms with Gasteiger partial charge in [-0.25, -0.2) is 0 Å². The average molecular weight is 294 g/mol. The first kappa shape index (κ1) is 14.4. The fraction of sp³-hybridized carbons (Fsp3) is 0.278. The summed E-state index contributed by atoms with van der Waals surface area (Å²) in [4.78, 5) is 28.3. The van der Waals surface area contributed by atoms with Gasteiger partial charge in [-0.05, 0) is 49.4 Å². The van der Waals surface area contributed by atoms with E-state index in [-0.39, 0.29) is 23.5 Å². The van der Waals surface area contributed by atoms with Gasteiger partial charge in [0.25, 0.3) is 0 Å². The number of anilines is 1. The average Bonchev–Trinajstić information content (AvgIpc) is 3.28. The van der Waals surface area contributed by atoms with E-state index in [4.69, 9.17) is 0 Å². The molecule has 1 aromatic carbocycles. The number of ketones is 1. The molecule has 1 aliphatic rings. The minimum absolute atomic E-state index is 0.0260. The maximum absolute atomic E-state index is 12.4. The van der Waals surface area contributed by atoms with Gasteiger partial charge >= 0.3 is 0 Å². The molecule has 0 unspecified atom stereocenters. The molecule has 0 saturated heterocycles. The lowest BCUT2D eigenvalue weighted by Crippen LogP contribution is -2.17. The molecule has 1 fully saturated rings. The molecule has 3 rings (SSSR count). The number of nitrogens with zero attached hydrogens (tertiary/aromatic N) is 1. The van der Waals surface area contributed by atoms with Crippen molar-refractivity contribution >= 4 is 17.4 Å². The number of aromatic nitrogens is 1. The van der Waals surface area contributed by atoms with Crippen LogP contribution in [0.4, 0.5) is 5.69 Å². The van der Waals surface area contributed by atoms with Crippen molar-refractivity contribution in [3.05, 3.63) is 59.4 Å². The van der Waals surface area contributed by atoms with Gasteiger partial charge < -0.3 is 5.32 Å². The highest BCUT2D eigenvalue weighted by molar-refractivity contribution is 6.05. The van der Waals surface area contributed by atoms with Gasteiger partial charge in [-0.3, -0.25) is 14.6 Å². The monoisotopic (exact) mass is 294 g/mol. The summed E-state index contributed by atoms with van der Waals surface area (Å²) in [5.41, 5.74) is 3.17.